The number of amides is 1. The third-order valence-corrected chi connectivity index (χ3v) is 3.31. The Balaban J connectivity index is 2.44. The number of aliphatic hydroxyl groups is 1. The minimum atomic E-state index is -0.965. The topological polar surface area (TPSA) is 78.9 Å². The molecule has 0 bridgehead atoms. The Morgan fingerprint density at radius 2 is 1.96 bits per heavy atom. The monoisotopic (exact) mass is 320 g/mol. The second kappa shape index (κ2) is 8.95. The number of benzene rings is 1. The van der Waals surface area contributed by atoms with Gasteiger partial charge in [0.05, 0.1) is 5.56 Å². The first-order valence-corrected chi connectivity index (χ1v) is 7.45. The number of nitrogens with one attached hydrogen (secondary N) is 1. The normalized spacial score (nSPS) is 11.5. The van der Waals surface area contributed by atoms with Crippen LogP contribution in [0.1, 0.15) is 24.2 Å². The molecule has 0 saturated carbocycles. The zero-order valence-corrected chi connectivity index (χ0v) is 13.8. The molecular weight excluding hydrogens is 296 g/mol. The minimum Gasteiger partial charge on any atom is -0.459 e. The quantitative estimate of drug-likeness (QED) is 0.558. The molecule has 1 aromatic rings. The number of carbonyl (C=O) groups excluding carboxylic acids is 2. The molecule has 0 radical (unpaired) electrons. The number of rotatable bonds is 8. The largest absolute Gasteiger partial charge is 0.459 e. The SMILES string of the molecule is C=C(C)C(=O)NCC(O)COC(=O)c1ccc(N(C)CC)cc1. The second-order valence-electron chi connectivity index (χ2n) is 5.30. The van der Waals surface area contributed by atoms with Gasteiger partial charge in [0.15, 0.2) is 0 Å². The third-order valence-electron chi connectivity index (χ3n) is 3.31. The smallest absolute Gasteiger partial charge is 0.338 e. The van der Waals surface area contributed by atoms with E-state index in [0.29, 0.717) is 11.1 Å². The van der Waals surface area contributed by atoms with Crippen LogP contribution < -0.4 is 10.2 Å². The molecule has 0 spiro atoms. The van der Waals surface area contributed by atoms with Gasteiger partial charge in [-0.2, -0.15) is 0 Å². The molecule has 2 N–H and O–H groups in total. The van der Waals surface area contributed by atoms with Gasteiger partial charge in [-0.3, -0.25) is 4.79 Å². The van der Waals surface area contributed by atoms with E-state index in [1.807, 2.05) is 31.0 Å². The number of carbonyl (C=O) groups is 2. The maximum absolute atomic E-state index is 11.9. The Bertz CT molecular complexity index is 554. The van der Waals surface area contributed by atoms with Crippen LogP contribution in [0.4, 0.5) is 5.69 Å². The zero-order valence-electron chi connectivity index (χ0n) is 13.8. The van der Waals surface area contributed by atoms with Gasteiger partial charge in [0.2, 0.25) is 5.91 Å². The average molecular weight is 320 g/mol. The maximum Gasteiger partial charge on any atom is 0.338 e. The molecule has 1 aromatic carbocycles. The van der Waals surface area contributed by atoms with Crippen LogP contribution in [0.25, 0.3) is 0 Å². The number of esters is 1. The molecular formula is C17H24N2O4. The molecule has 6 heteroatoms. The number of hydrogen-bond donors (Lipinski definition) is 2. The molecule has 0 heterocycles. The summed E-state index contributed by atoms with van der Waals surface area (Å²) in [5.41, 5.74) is 1.77. The predicted molar refractivity (Wildman–Crippen MR) is 89.5 cm³/mol. The standard InChI is InChI=1S/C17H24N2O4/c1-5-19(4)14-8-6-13(7-9-14)17(22)23-11-15(20)10-18-16(21)12(2)3/h6-9,15,20H,2,5,10-11H2,1,3-4H3,(H,18,21). The fourth-order valence-electron chi connectivity index (χ4n) is 1.71. The highest BCUT2D eigenvalue weighted by Crippen LogP contribution is 2.14. The molecule has 1 amide bonds. The third kappa shape index (κ3) is 6.12. The molecule has 1 unspecified atom stereocenters. The fourth-order valence-corrected chi connectivity index (χ4v) is 1.71. The Kier molecular flexibility index (Phi) is 7.28. The number of nitrogens with zero attached hydrogens (tertiary/aromatic N) is 1. The van der Waals surface area contributed by atoms with Crippen molar-refractivity contribution in [1.82, 2.24) is 5.32 Å². The van der Waals surface area contributed by atoms with Crippen LogP contribution in [-0.4, -0.2) is 49.8 Å². The lowest BCUT2D eigenvalue weighted by Crippen LogP contribution is -2.35. The highest BCUT2D eigenvalue weighted by atomic mass is 16.5. The van der Waals surface area contributed by atoms with Gasteiger partial charge in [0.25, 0.3) is 0 Å². The summed E-state index contributed by atoms with van der Waals surface area (Å²) in [5, 5.41) is 12.2. The van der Waals surface area contributed by atoms with Gasteiger partial charge >= 0.3 is 5.97 Å². The summed E-state index contributed by atoms with van der Waals surface area (Å²) < 4.78 is 5.03. The predicted octanol–water partition coefficient (Wildman–Crippen LogP) is 1.35. The first-order valence-electron chi connectivity index (χ1n) is 7.45. The summed E-state index contributed by atoms with van der Waals surface area (Å²) in [6, 6.07) is 7.03. The zero-order chi connectivity index (χ0) is 17.4. The maximum atomic E-state index is 11.9. The van der Waals surface area contributed by atoms with Gasteiger partial charge in [0, 0.05) is 31.4 Å². The van der Waals surface area contributed by atoms with Crippen LogP contribution in [0.15, 0.2) is 36.4 Å². The van der Waals surface area contributed by atoms with Crippen LogP contribution in [0, 0.1) is 0 Å². The first kappa shape index (κ1) is 18.7. The van der Waals surface area contributed by atoms with E-state index in [1.54, 1.807) is 19.1 Å². The molecule has 0 fully saturated rings. The van der Waals surface area contributed by atoms with Crippen LogP contribution in [0.5, 0.6) is 0 Å². The van der Waals surface area contributed by atoms with Crippen molar-refractivity contribution in [3.8, 4) is 0 Å². The minimum absolute atomic E-state index is 0.000788. The molecule has 0 aliphatic carbocycles. The molecule has 1 atom stereocenters. The van der Waals surface area contributed by atoms with Crippen molar-refractivity contribution in [1.29, 1.82) is 0 Å². The van der Waals surface area contributed by atoms with Gasteiger partial charge < -0.3 is 20.1 Å². The molecule has 0 aromatic heterocycles. The molecule has 1 rings (SSSR count). The molecule has 0 aliphatic rings. The summed E-state index contributed by atoms with van der Waals surface area (Å²) in [6.45, 7) is 7.78. The van der Waals surface area contributed by atoms with Gasteiger partial charge in [-0.25, -0.2) is 4.79 Å². The Labute approximate surface area is 136 Å². The summed E-state index contributed by atoms with van der Waals surface area (Å²) in [7, 11) is 1.96. The van der Waals surface area contributed by atoms with Crippen molar-refractivity contribution >= 4 is 17.6 Å². The fraction of sp³-hybridized carbons (Fsp3) is 0.412. The van der Waals surface area contributed by atoms with Gasteiger partial charge in [-0.15, -0.1) is 0 Å². The van der Waals surface area contributed by atoms with Crippen LogP contribution in [-0.2, 0) is 9.53 Å². The highest BCUT2D eigenvalue weighted by molar-refractivity contribution is 5.92. The van der Waals surface area contributed by atoms with E-state index in [2.05, 4.69) is 11.9 Å². The van der Waals surface area contributed by atoms with Crippen LogP contribution >= 0.6 is 0 Å². The second-order valence-corrected chi connectivity index (χ2v) is 5.30. The van der Waals surface area contributed by atoms with Gasteiger partial charge in [0.1, 0.15) is 12.7 Å². The summed E-state index contributed by atoms with van der Waals surface area (Å²) in [5.74, 6) is -0.855. The summed E-state index contributed by atoms with van der Waals surface area (Å²) in [6.07, 6.45) is -0.965. The van der Waals surface area contributed by atoms with Gasteiger partial charge in [-0.1, -0.05) is 6.58 Å². The lowest BCUT2D eigenvalue weighted by Gasteiger charge is -2.17. The lowest BCUT2D eigenvalue weighted by molar-refractivity contribution is -0.118. The van der Waals surface area contributed by atoms with Gasteiger partial charge in [-0.05, 0) is 38.1 Å². The Hall–Kier alpha value is -2.34. The van der Waals surface area contributed by atoms with Crippen molar-refractivity contribution < 1.29 is 19.4 Å². The van der Waals surface area contributed by atoms with E-state index in [4.69, 9.17) is 4.74 Å². The molecule has 126 valence electrons. The number of hydrogen-bond acceptors (Lipinski definition) is 5. The summed E-state index contributed by atoms with van der Waals surface area (Å²) >= 11 is 0. The van der Waals surface area contributed by atoms with E-state index in [0.717, 1.165) is 12.2 Å². The van der Waals surface area contributed by atoms with Crippen molar-refractivity contribution in [3.05, 3.63) is 42.0 Å². The molecule has 0 saturated heterocycles. The van der Waals surface area contributed by atoms with Crippen molar-refractivity contribution in [2.75, 3.05) is 31.6 Å². The Morgan fingerprint density at radius 1 is 1.35 bits per heavy atom. The van der Waals surface area contributed by atoms with Crippen LogP contribution in [0.3, 0.4) is 0 Å². The van der Waals surface area contributed by atoms with Crippen molar-refractivity contribution in [3.63, 3.8) is 0 Å². The number of ether oxygens (including phenoxy) is 1. The Morgan fingerprint density at radius 3 is 2.48 bits per heavy atom. The molecule has 23 heavy (non-hydrogen) atoms. The van der Waals surface area contributed by atoms with E-state index >= 15 is 0 Å². The van der Waals surface area contributed by atoms with Crippen molar-refractivity contribution in [2.45, 2.75) is 20.0 Å². The first-order chi connectivity index (χ1) is 10.8. The number of aliphatic hydroxyl groups excluding tert-OH is 1. The van der Waals surface area contributed by atoms with E-state index in [1.165, 1.54) is 0 Å². The lowest BCUT2D eigenvalue weighted by atomic mass is 10.2. The van der Waals surface area contributed by atoms with E-state index in [-0.39, 0.29) is 19.1 Å². The van der Waals surface area contributed by atoms with E-state index in [9.17, 15) is 14.7 Å². The molecule has 6 nitrogen and oxygen atoms in total. The number of anilines is 1. The van der Waals surface area contributed by atoms with E-state index < -0.39 is 12.1 Å². The average Bonchev–Trinajstić information content (AvgIpc) is 2.56. The molecule has 0 aliphatic heterocycles. The van der Waals surface area contributed by atoms with Crippen molar-refractivity contribution in [2.24, 2.45) is 0 Å². The summed E-state index contributed by atoms with van der Waals surface area (Å²) in [4.78, 5) is 25.2. The van der Waals surface area contributed by atoms with Crippen LogP contribution in [0.2, 0.25) is 0 Å². The highest BCUT2D eigenvalue weighted by Gasteiger charge is 2.12.